The van der Waals surface area contributed by atoms with Gasteiger partial charge in [-0.25, -0.2) is 0 Å². The molecular formula is C23H23N5O2. The number of nitrogens with zero attached hydrogens (tertiary/aromatic N) is 5. The third kappa shape index (κ3) is 3.63. The molecule has 0 spiro atoms. The van der Waals surface area contributed by atoms with Crippen molar-refractivity contribution in [1.82, 2.24) is 24.4 Å². The van der Waals surface area contributed by atoms with E-state index < -0.39 is 0 Å². The average Bonchev–Trinajstić information content (AvgIpc) is 2.79. The fourth-order valence-corrected chi connectivity index (χ4v) is 4.70. The van der Waals surface area contributed by atoms with Crippen LogP contribution in [0.2, 0.25) is 0 Å². The van der Waals surface area contributed by atoms with Gasteiger partial charge in [-0.15, -0.1) is 0 Å². The van der Waals surface area contributed by atoms with Crippen molar-refractivity contribution in [2.24, 2.45) is 5.92 Å². The summed E-state index contributed by atoms with van der Waals surface area (Å²) in [6, 6.07) is 9.47. The van der Waals surface area contributed by atoms with Gasteiger partial charge in [0.1, 0.15) is 0 Å². The highest BCUT2D eigenvalue weighted by atomic mass is 16.2. The molecule has 5 heterocycles. The Kier molecular flexibility index (Phi) is 4.86. The molecule has 1 amide bonds. The zero-order valence-corrected chi connectivity index (χ0v) is 16.6. The summed E-state index contributed by atoms with van der Waals surface area (Å²) in [6.07, 6.45) is 8.77. The molecule has 0 unspecified atom stereocenters. The lowest BCUT2D eigenvalue weighted by atomic mass is 9.82. The number of amides is 1. The molecule has 30 heavy (non-hydrogen) atoms. The second-order valence-corrected chi connectivity index (χ2v) is 8.13. The number of aryl methyl sites for hydroxylation is 1. The zero-order valence-electron chi connectivity index (χ0n) is 16.6. The highest BCUT2D eigenvalue weighted by Crippen LogP contribution is 2.36. The number of carbonyl (C=O) groups is 1. The molecular weight excluding hydrogens is 378 g/mol. The largest absolute Gasteiger partial charge is 0.342 e. The highest BCUT2D eigenvalue weighted by molar-refractivity contribution is 5.76. The van der Waals surface area contributed by atoms with Gasteiger partial charge >= 0.3 is 0 Å². The summed E-state index contributed by atoms with van der Waals surface area (Å²) in [4.78, 5) is 40.4. The number of aromatic nitrogens is 4. The lowest BCUT2D eigenvalue weighted by molar-refractivity contribution is -0.133. The van der Waals surface area contributed by atoms with Crippen molar-refractivity contribution in [2.75, 3.05) is 13.1 Å². The van der Waals surface area contributed by atoms with E-state index in [9.17, 15) is 9.59 Å². The van der Waals surface area contributed by atoms with Gasteiger partial charge in [-0.1, -0.05) is 6.07 Å². The molecule has 2 aliphatic heterocycles. The minimum Gasteiger partial charge on any atom is -0.342 e. The minimum atomic E-state index is 0.0188. The molecule has 3 aromatic rings. The van der Waals surface area contributed by atoms with Crippen LogP contribution in [-0.2, 0) is 17.8 Å². The van der Waals surface area contributed by atoms with E-state index in [-0.39, 0.29) is 17.4 Å². The molecule has 1 saturated heterocycles. The number of carbonyl (C=O) groups excluding carboxylic acids is 1. The van der Waals surface area contributed by atoms with E-state index in [1.165, 1.54) is 0 Å². The van der Waals surface area contributed by atoms with Crippen LogP contribution in [0.1, 0.15) is 30.1 Å². The van der Waals surface area contributed by atoms with Crippen molar-refractivity contribution in [3.63, 3.8) is 0 Å². The zero-order chi connectivity index (χ0) is 20.5. The van der Waals surface area contributed by atoms with Gasteiger partial charge in [-0.2, -0.15) is 0 Å². The first kappa shape index (κ1) is 18.7. The lowest BCUT2D eigenvalue weighted by Crippen LogP contribution is -2.49. The molecule has 152 valence electrons. The Labute approximate surface area is 174 Å². The predicted molar refractivity (Wildman–Crippen MR) is 112 cm³/mol. The number of pyridine rings is 2. The van der Waals surface area contributed by atoms with Crippen LogP contribution in [0.5, 0.6) is 0 Å². The van der Waals surface area contributed by atoms with Crippen LogP contribution < -0.4 is 5.56 Å². The van der Waals surface area contributed by atoms with E-state index in [4.69, 9.17) is 0 Å². The maximum Gasteiger partial charge on any atom is 0.251 e. The smallest absolute Gasteiger partial charge is 0.251 e. The number of hydrogen-bond acceptors (Lipinski definition) is 5. The van der Waals surface area contributed by atoms with Gasteiger partial charge in [0.2, 0.25) is 5.91 Å². The van der Waals surface area contributed by atoms with E-state index in [0.29, 0.717) is 38.4 Å². The summed E-state index contributed by atoms with van der Waals surface area (Å²) in [5, 5.41) is 0. The molecule has 1 fully saturated rings. The number of likely N-dealkylation sites (tertiary alicyclic amines) is 1. The predicted octanol–water partition coefficient (Wildman–Crippen LogP) is 2.28. The van der Waals surface area contributed by atoms with Gasteiger partial charge in [0.05, 0.1) is 11.4 Å². The molecule has 5 rings (SSSR count). The van der Waals surface area contributed by atoms with Gasteiger partial charge in [-0.05, 0) is 37.0 Å². The molecule has 0 aliphatic carbocycles. The molecule has 2 bridgehead atoms. The molecule has 3 aromatic heterocycles. The summed E-state index contributed by atoms with van der Waals surface area (Å²) < 4.78 is 1.90. The number of hydrogen-bond donors (Lipinski definition) is 0. The summed E-state index contributed by atoms with van der Waals surface area (Å²) in [6.45, 7) is 2.03. The Morgan fingerprint density at radius 2 is 2.00 bits per heavy atom. The molecule has 0 aromatic carbocycles. The third-order valence-corrected chi connectivity index (χ3v) is 6.08. The van der Waals surface area contributed by atoms with Crippen molar-refractivity contribution in [1.29, 1.82) is 0 Å². The Hall–Kier alpha value is -3.35. The van der Waals surface area contributed by atoms with E-state index in [0.717, 1.165) is 29.1 Å². The first-order chi connectivity index (χ1) is 14.7. The summed E-state index contributed by atoms with van der Waals surface area (Å²) in [7, 11) is 0. The Morgan fingerprint density at radius 3 is 2.80 bits per heavy atom. The number of fused-ring (bicyclic) bond motifs is 4. The fourth-order valence-electron chi connectivity index (χ4n) is 4.70. The Morgan fingerprint density at radius 1 is 1.07 bits per heavy atom. The number of rotatable bonds is 4. The second kappa shape index (κ2) is 7.82. The topological polar surface area (TPSA) is 81.0 Å². The summed E-state index contributed by atoms with van der Waals surface area (Å²) in [5.74, 6) is 0.636. The van der Waals surface area contributed by atoms with E-state index in [2.05, 4.69) is 21.0 Å². The lowest BCUT2D eigenvalue weighted by Gasteiger charge is -2.43. The SMILES string of the molecule is O=C(CCc1cnccn1)N1C[C@@H]2C[C@H](C1)c1cc(-c3ccccn3)cc(=O)n1C2. The monoisotopic (exact) mass is 401 g/mol. The van der Waals surface area contributed by atoms with Gasteiger partial charge < -0.3 is 9.47 Å². The highest BCUT2D eigenvalue weighted by Gasteiger charge is 2.36. The van der Waals surface area contributed by atoms with Crippen LogP contribution >= 0.6 is 0 Å². The standard InChI is InChI=1S/C23H23N5O2/c29-22(5-4-19-12-24-7-8-25-19)27-13-16-9-18(15-27)21-10-17(11-23(30)28(21)14-16)20-3-1-2-6-26-20/h1-3,6-8,10-12,16,18H,4-5,9,13-15H2/t16-,18+/m0/s1. The summed E-state index contributed by atoms with van der Waals surface area (Å²) >= 11 is 0. The van der Waals surface area contributed by atoms with Gasteiger partial charge in [-0.3, -0.25) is 24.5 Å². The summed E-state index contributed by atoms with van der Waals surface area (Å²) in [5.41, 5.74) is 3.51. The molecule has 2 atom stereocenters. The Balaban J connectivity index is 1.36. The Bertz CT molecular complexity index is 1110. The first-order valence-corrected chi connectivity index (χ1v) is 10.4. The van der Waals surface area contributed by atoms with Crippen LogP contribution in [0.15, 0.2) is 59.9 Å². The molecule has 7 nitrogen and oxygen atoms in total. The molecule has 7 heteroatoms. The van der Waals surface area contributed by atoms with Crippen LogP contribution in [0.3, 0.4) is 0 Å². The van der Waals surface area contributed by atoms with Crippen LogP contribution in [0.25, 0.3) is 11.3 Å². The second-order valence-electron chi connectivity index (χ2n) is 8.13. The molecule has 0 saturated carbocycles. The molecule has 0 radical (unpaired) electrons. The van der Waals surface area contributed by atoms with Crippen molar-refractivity contribution in [2.45, 2.75) is 31.7 Å². The van der Waals surface area contributed by atoms with Crippen LogP contribution in [-0.4, -0.2) is 43.4 Å². The first-order valence-electron chi connectivity index (χ1n) is 10.4. The van der Waals surface area contributed by atoms with Crippen LogP contribution in [0.4, 0.5) is 0 Å². The molecule has 0 N–H and O–H groups in total. The van der Waals surface area contributed by atoms with Crippen LogP contribution in [0, 0.1) is 5.92 Å². The quantitative estimate of drug-likeness (QED) is 0.670. The van der Waals surface area contributed by atoms with Gasteiger partial charge in [0, 0.05) is 74.1 Å². The third-order valence-electron chi connectivity index (χ3n) is 6.08. The maximum absolute atomic E-state index is 12.9. The van der Waals surface area contributed by atoms with Crippen molar-refractivity contribution in [3.8, 4) is 11.3 Å². The van der Waals surface area contributed by atoms with Gasteiger partial charge in [0.25, 0.3) is 5.56 Å². The van der Waals surface area contributed by atoms with Crippen molar-refractivity contribution in [3.05, 3.63) is 76.9 Å². The van der Waals surface area contributed by atoms with E-state index in [1.807, 2.05) is 27.7 Å². The fraction of sp³-hybridized carbons (Fsp3) is 0.348. The van der Waals surface area contributed by atoms with Crippen molar-refractivity contribution >= 4 is 5.91 Å². The van der Waals surface area contributed by atoms with Crippen molar-refractivity contribution < 1.29 is 4.79 Å². The number of piperidine rings is 1. The molecule has 2 aliphatic rings. The maximum atomic E-state index is 12.9. The average molecular weight is 401 g/mol. The van der Waals surface area contributed by atoms with Gasteiger partial charge in [0.15, 0.2) is 0 Å². The van der Waals surface area contributed by atoms with E-state index >= 15 is 0 Å². The normalized spacial score (nSPS) is 19.9. The van der Waals surface area contributed by atoms with E-state index in [1.54, 1.807) is 30.9 Å². The minimum absolute atomic E-state index is 0.0188.